The van der Waals surface area contributed by atoms with E-state index in [0.29, 0.717) is 25.7 Å². The second-order valence-corrected chi connectivity index (χ2v) is 4.33. The molecule has 0 aliphatic heterocycles. The lowest BCUT2D eigenvalue weighted by molar-refractivity contribution is -0.141. The monoisotopic (exact) mass is 288 g/mol. The van der Waals surface area contributed by atoms with E-state index in [2.05, 4.69) is 10.6 Å². The van der Waals surface area contributed by atoms with Gasteiger partial charge in [-0.25, -0.2) is 4.79 Å². The predicted molar refractivity (Wildman–Crippen MR) is 69.2 cm³/mol. The van der Waals surface area contributed by atoms with E-state index < -0.39 is 29.9 Å². The first kappa shape index (κ1) is 18.0. The summed E-state index contributed by atoms with van der Waals surface area (Å²) in [5.74, 6) is -2.61. The van der Waals surface area contributed by atoms with Crippen LogP contribution in [0.1, 0.15) is 32.6 Å². The Labute approximate surface area is 116 Å². The largest absolute Gasteiger partial charge is 0.480 e. The topological polar surface area (TPSA) is 133 Å². The van der Waals surface area contributed by atoms with Crippen LogP contribution in [-0.2, 0) is 19.2 Å². The average Bonchev–Trinajstić information content (AvgIpc) is 2.34. The summed E-state index contributed by atoms with van der Waals surface area (Å²) in [5.41, 5.74) is 0. The van der Waals surface area contributed by atoms with Crippen molar-refractivity contribution in [2.24, 2.45) is 0 Å². The van der Waals surface area contributed by atoms with E-state index in [1.54, 1.807) is 0 Å². The van der Waals surface area contributed by atoms with Gasteiger partial charge in [0.15, 0.2) is 0 Å². The number of rotatable bonds is 11. The highest BCUT2D eigenvalue weighted by Crippen LogP contribution is 2.02. The summed E-state index contributed by atoms with van der Waals surface area (Å²) in [5, 5.41) is 22.7. The summed E-state index contributed by atoms with van der Waals surface area (Å²) in [4.78, 5) is 42.6. The van der Waals surface area contributed by atoms with Crippen molar-refractivity contribution in [3.63, 3.8) is 0 Å². The van der Waals surface area contributed by atoms with Crippen molar-refractivity contribution in [3.05, 3.63) is 0 Å². The minimum absolute atomic E-state index is 0.112. The summed E-state index contributed by atoms with van der Waals surface area (Å²) < 4.78 is 0. The zero-order chi connectivity index (χ0) is 15.5. The van der Waals surface area contributed by atoms with E-state index in [1.807, 2.05) is 0 Å². The zero-order valence-electron chi connectivity index (χ0n) is 11.3. The van der Waals surface area contributed by atoms with Crippen LogP contribution in [0.15, 0.2) is 0 Å². The normalized spacial score (nSPS) is 13.2. The molecule has 8 nitrogen and oxygen atoms in total. The molecule has 20 heavy (non-hydrogen) atoms. The van der Waals surface area contributed by atoms with E-state index in [1.165, 1.54) is 6.92 Å². The molecule has 0 saturated carbocycles. The van der Waals surface area contributed by atoms with E-state index in [-0.39, 0.29) is 12.8 Å². The Kier molecular flexibility index (Phi) is 8.93. The van der Waals surface area contributed by atoms with E-state index in [9.17, 15) is 19.2 Å². The van der Waals surface area contributed by atoms with Crippen LogP contribution in [0.5, 0.6) is 0 Å². The molecule has 8 heteroatoms. The van der Waals surface area contributed by atoms with Crippen molar-refractivity contribution in [2.75, 3.05) is 6.54 Å². The SMILES string of the molecule is CC(=O)N[C@@H](CCCCNC(CC=O)C(=O)O)C(=O)O. The van der Waals surface area contributed by atoms with Gasteiger partial charge in [0, 0.05) is 13.3 Å². The second-order valence-electron chi connectivity index (χ2n) is 4.33. The molecule has 0 saturated heterocycles. The molecule has 4 N–H and O–H groups in total. The molecule has 0 radical (unpaired) electrons. The van der Waals surface area contributed by atoms with Gasteiger partial charge < -0.3 is 25.6 Å². The van der Waals surface area contributed by atoms with Gasteiger partial charge in [-0.15, -0.1) is 0 Å². The number of nitrogens with one attached hydrogen (secondary N) is 2. The van der Waals surface area contributed by atoms with Crippen LogP contribution in [0.3, 0.4) is 0 Å². The van der Waals surface area contributed by atoms with Crippen molar-refractivity contribution in [2.45, 2.75) is 44.7 Å². The number of carbonyl (C=O) groups is 4. The van der Waals surface area contributed by atoms with Gasteiger partial charge in [-0.2, -0.15) is 0 Å². The first-order valence-electron chi connectivity index (χ1n) is 6.28. The Morgan fingerprint density at radius 1 is 1.10 bits per heavy atom. The van der Waals surface area contributed by atoms with Gasteiger partial charge in [-0.1, -0.05) is 0 Å². The molecular formula is C12H20N2O6. The lowest BCUT2D eigenvalue weighted by Crippen LogP contribution is -2.40. The molecule has 0 aliphatic rings. The molecule has 0 bridgehead atoms. The van der Waals surface area contributed by atoms with Crippen LogP contribution in [0, 0.1) is 0 Å². The molecule has 1 amide bonds. The Bertz CT molecular complexity index is 358. The highest BCUT2D eigenvalue weighted by molar-refractivity contribution is 5.82. The van der Waals surface area contributed by atoms with Crippen molar-refractivity contribution in [1.82, 2.24) is 10.6 Å². The number of aliphatic carboxylic acids is 2. The molecule has 0 spiro atoms. The summed E-state index contributed by atoms with van der Waals surface area (Å²) in [6.45, 7) is 1.60. The molecular weight excluding hydrogens is 268 g/mol. The van der Waals surface area contributed by atoms with Crippen LogP contribution < -0.4 is 10.6 Å². The van der Waals surface area contributed by atoms with E-state index in [4.69, 9.17) is 10.2 Å². The summed E-state index contributed by atoms with van der Waals surface area (Å²) >= 11 is 0. The van der Waals surface area contributed by atoms with Gasteiger partial charge >= 0.3 is 11.9 Å². The maximum Gasteiger partial charge on any atom is 0.326 e. The van der Waals surface area contributed by atoms with Crippen molar-refractivity contribution in [3.8, 4) is 0 Å². The molecule has 0 aliphatic carbocycles. The van der Waals surface area contributed by atoms with E-state index in [0.717, 1.165) is 0 Å². The Morgan fingerprint density at radius 2 is 1.70 bits per heavy atom. The lowest BCUT2D eigenvalue weighted by atomic mass is 10.1. The van der Waals surface area contributed by atoms with Gasteiger partial charge in [0.05, 0.1) is 0 Å². The van der Waals surface area contributed by atoms with Crippen LogP contribution in [0.25, 0.3) is 0 Å². The smallest absolute Gasteiger partial charge is 0.326 e. The molecule has 0 aromatic heterocycles. The van der Waals surface area contributed by atoms with Crippen LogP contribution in [0.2, 0.25) is 0 Å². The lowest BCUT2D eigenvalue weighted by Gasteiger charge is -2.14. The Morgan fingerprint density at radius 3 is 2.15 bits per heavy atom. The quantitative estimate of drug-likeness (QED) is 0.294. The Balaban J connectivity index is 3.93. The van der Waals surface area contributed by atoms with Crippen LogP contribution in [0.4, 0.5) is 0 Å². The fourth-order valence-electron chi connectivity index (χ4n) is 1.62. The van der Waals surface area contributed by atoms with Gasteiger partial charge in [0.1, 0.15) is 18.4 Å². The molecule has 0 rings (SSSR count). The van der Waals surface area contributed by atoms with Gasteiger partial charge in [0.2, 0.25) is 5.91 Å². The molecule has 0 fully saturated rings. The summed E-state index contributed by atoms with van der Waals surface area (Å²) in [6.07, 6.45) is 1.74. The number of carboxylic acids is 2. The van der Waals surface area contributed by atoms with Crippen molar-refractivity contribution >= 4 is 24.1 Å². The molecule has 0 aromatic carbocycles. The number of carbonyl (C=O) groups excluding carboxylic acids is 2. The number of hydrogen-bond donors (Lipinski definition) is 4. The van der Waals surface area contributed by atoms with Crippen molar-refractivity contribution < 1.29 is 29.4 Å². The summed E-state index contributed by atoms with van der Waals surface area (Å²) in [7, 11) is 0. The first-order chi connectivity index (χ1) is 9.38. The van der Waals surface area contributed by atoms with Crippen molar-refractivity contribution in [1.29, 1.82) is 0 Å². The highest BCUT2D eigenvalue weighted by atomic mass is 16.4. The average molecular weight is 288 g/mol. The number of amides is 1. The Hall–Kier alpha value is -1.96. The third-order valence-electron chi connectivity index (χ3n) is 2.62. The third-order valence-corrected chi connectivity index (χ3v) is 2.62. The van der Waals surface area contributed by atoms with Gasteiger partial charge in [-0.3, -0.25) is 9.59 Å². The van der Waals surface area contributed by atoms with Gasteiger partial charge in [0.25, 0.3) is 0 Å². The maximum atomic E-state index is 10.8. The third kappa shape index (κ3) is 8.20. The fraction of sp³-hybridized carbons (Fsp3) is 0.667. The zero-order valence-corrected chi connectivity index (χ0v) is 11.3. The molecule has 1 unspecified atom stereocenters. The van der Waals surface area contributed by atoms with Crippen LogP contribution in [-0.4, -0.2) is 53.0 Å². The molecule has 0 aromatic rings. The molecule has 114 valence electrons. The number of carboxylic acid groups (broad SMARTS) is 2. The highest BCUT2D eigenvalue weighted by Gasteiger charge is 2.18. The fourth-order valence-corrected chi connectivity index (χ4v) is 1.62. The number of aldehydes is 1. The maximum absolute atomic E-state index is 10.8. The van der Waals surface area contributed by atoms with Gasteiger partial charge in [-0.05, 0) is 25.8 Å². The van der Waals surface area contributed by atoms with E-state index >= 15 is 0 Å². The second kappa shape index (κ2) is 9.90. The van der Waals surface area contributed by atoms with Crippen LogP contribution >= 0.6 is 0 Å². The minimum Gasteiger partial charge on any atom is -0.480 e. The predicted octanol–water partition coefficient (Wildman–Crippen LogP) is -0.622. The minimum atomic E-state index is -1.10. The molecule has 0 heterocycles. The molecule has 2 atom stereocenters. The standard InChI is InChI=1S/C12H20N2O6/c1-8(16)14-10(12(19)20)4-2-3-6-13-9(5-7-15)11(17)18/h7,9-10,13H,2-6H2,1H3,(H,14,16)(H,17,18)(H,19,20)/t9?,10-/m0/s1. The first-order valence-corrected chi connectivity index (χ1v) is 6.28. The number of hydrogen-bond acceptors (Lipinski definition) is 5. The summed E-state index contributed by atoms with van der Waals surface area (Å²) in [6, 6.07) is -1.85. The number of unbranched alkanes of at least 4 members (excludes halogenated alkanes) is 1.